The predicted molar refractivity (Wildman–Crippen MR) is 98.8 cm³/mol. The van der Waals surface area contributed by atoms with Gasteiger partial charge in [0, 0.05) is 16.2 Å². The number of carbonyl (C=O) groups excluding carboxylic acids is 1. The number of amides is 1. The van der Waals surface area contributed by atoms with Gasteiger partial charge in [-0.25, -0.2) is 4.98 Å². The van der Waals surface area contributed by atoms with E-state index in [1.54, 1.807) is 12.1 Å². The maximum atomic E-state index is 12.1. The van der Waals surface area contributed by atoms with Gasteiger partial charge >= 0.3 is 0 Å². The number of hydrogen-bond acceptors (Lipinski definition) is 5. The Morgan fingerprint density at radius 2 is 2.12 bits per heavy atom. The standard InChI is InChI=1S/C15H13BrClN5OS/c1-8-5-13-20-21-15(22(13)9(2)18-8)24-7-14(23)19-12-4-3-10(16)6-11(12)17/h3-6H,7H2,1-2H3,(H,19,23). The first-order chi connectivity index (χ1) is 11.4. The summed E-state index contributed by atoms with van der Waals surface area (Å²) in [6, 6.07) is 7.15. The number of carbonyl (C=O) groups is 1. The number of benzene rings is 1. The molecule has 6 nitrogen and oxygen atoms in total. The number of nitrogens with zero attached hydrogens (tertiary/aromatic N) is 4. The maximum Gasteiger partial charge on any atom is 0.234 e. The molecule has 0 saturated heterocycles. The average Bonchev–Trinajstić information content (AvgIpc) is 2.91. The molecular formula is C15H13BrClN5OS. The fourth-order valence-corrected chi connectivity index (χ4v) is 3.71. The van der Waals surface area contributed by atoms with Crippen LogP contribution >= 0.6 is 39.3 Å². The Bertz CT molecular complexity index is 930. The van der Waals surface area contributed by atoms with Gasteiger partial charge in [-0.05, 0) is 32.0 Å². The quantitative estimate of drug-likeness (QED) is 0.641. The van der Waals surface area contributed by atoms with Crippen LogP contribution in [0.25, 0.3) is 5.65 Å². The molecule has 0 aliphatic heterocycles. The maximum absolute atomic E-state index is 12.1. The van der Waals surface area contributed by atoms with Crippen LogP contribution in [-0.4, -0.2) is 31.2 Å². The van der Waals surface area contributed by atoms with Gasteiger partial charge in [0.1, 0.15) is 5.82 Å². The molecule has 1 amide bonds. The van der Waals surface area contributed by atoms with Gasteiger partial charge < -0.3 is 5.32 Å². The van der Waals surface area contributed by atoms with Crippen LogP contribution in [0.1, 0.15) is 11.5 Å². The molecule has 2 heterocycles. The minimum atomic E-state index is -0.168. The highest BCUT2D eigenvalue weighted by Crippen LogP contribution is 2.26. The van der Waals surface area contributed by atoms with Crippen LogP contribution in [0.15, 0.2) is 33.9 Å². The van der Waals surface area contributed by atoms with Crippen molar-refractivity contribution in [3.8, 4) is 0 Å². The number of nitrogens with one attached hydrogen (secondary N) is 1. The molecule has 0 aliphatic carbocycles. The fraction of sp³-hybridized carbons (Fsp3) is 0.200. The molecule has 0 bridgehead atoms. The zero-order valence-electron chi connectivity index (χ0n) is 12.9. The van der Waals surface area contributed by atoms with Gasteiger partial charge in [-0.3, -0.25) is 9.20 Å². The largest absolute Gasteiger partial charge is 0.324 e. The number of aryl methyl sites for hydroxylation is 2. The van der Waals surface area contributed by atoms with Gasteiger partial charge in [0.15, 0.2) is 10.8 Å². The summed E-state index contributed by atoms with van der Waals surface area (Å²) in [5.41, 5.74) is 2.18. The molecule has 0 atom stereocenters. The Hall–Kier alpha value is -1.64. The highest BCUT2D eigenvalue weighted by molar-refractivity contribution is 9.10. The molecule has 0 unspecified atom stereocenters. The van der Waals surface area contributed by atoms with Gasteiger partial charge in [0.05, 0.1) is 16.5 Å². The van der Waals surface area contributed by atoms with E-state index in [1.165, 1.54) is 11.8 Å². The Morgan fingerprint density at radius 3 is 2.88 bits per heavy atom. The lowest BCUT2D eigenvalue weighted by molar-refractivity contribution is -0.113. The van der Waals surface area contributed by atoms with Crippen LogP contribution in [0.3, 0.4) is 0 Å². The normalized spacial score (nSPS) is 11.0. The van der Waals surface area contributed by atoms with Crippen molar-refractivity contribution in [3.05, 3.63) is 45.3 Å². The number of fused-ring (bicyclic) bond motifs is 1. The molecule has 0 saturated carbocycles. The number of anilines is 1. The summed E-state index contributed by atoms with van der Waals surface area (Å²) >= 11 is 10.7. The van der Waals surface area contributed by atoms with Crippen LogP contribution < -0.4 is 5.32 Å². The van der Waals surface area contributed by atoms with Crippen LogP contribution in [0.2, 0.25) is 5.02 Å². The van der Waals surface area contributed by atoms with E-state index >= 15 is 0 Å². The number of thioether (sulfide) groups is 1. The summed E-state index contributed by atoms with van der Waals surface area (Å²) in [6.45, 7) is 3.79. The zero-order chi connectivity index (χ0) is 17.3. The molecule has 124 valence electrons. The molecule has 1 aromatic carbocycles. The van der Waals surface area contributed by atoms with Crippen molar-refractivity contribution in [2.45, 2.75) is 19.0 Å². The van der Waals surface area contributed by atoms with E-state index in [1.807, 2.05) is 30.4 Å². The third-order valence-electron chi connectivity index (χ3n) is 3.20. The molecular weight excluding hydrogens is 414 g/mol. The first-order valence-corrected chi connectivity index (χ1v) is 9.17. The van der Waals surface area contributed by atoms with Crippen molar-refractivity contribution < 1.29 is 4.79 Å². The van der Waals surface area contributed by atoms with Gasteiger partial charge in [0.25, 0.3) is 0 Å². The molecule has 0 radical (unpaired) electrons. The summed E-state index contributed by atoms with van der Waals surface area (Å²) in [5, 5.41) is 12.1. The van der Waals surface area contributed by atoms with Crippen molar-refractivity contribution in [2.24, 2.45) is 0 Å². The SMILES string of the molecule is Cc1cc2nnc(SCC(=O)Nc3ccc(Br)cc3Cl)n2c(C)n1. The van der Waals surface area contributed by atoms with E-state index in [0.717, 1.165) is 21.6 Å². The Labute approximate surface area is 156 Å². The molecule has 1 N–H and O–H groups in total. The molecule has 0 aliphatic rings. The smallest absolute Gasteiger partial charge is 0.234 e. The Morgan fingerprint density at radius 1 is 1.33 bits per heavy atom. The second-order valence-corrected chi connectivity index (χ2v) is 7.35. The number of aromatic nitrogens is 4. The molecule has 9 heteroatoms. The van der Waals surface area contributed by atoms with E-state index in [0.29, 0.717) is 15.9 Å². The summed E-state index contributed by atoms with van der Waals surface area (Å²) < 4.78 is 2.69. The first kappa shape index (κ1) is 17.2. The van der Waals surface area contributed by atoms with Crippen LogP contribution in [0.5, 0.6) is 0 Å². The lowest BCUT2D eigenvalue weighted by atomic mass is 10.3. The third kappa shape index (κ3) is 3.71. The minimum absolute atomic E-state index is 0.168. The summed E-state index contributed by atoms with van der Waals surface area (Å²) in [5.74, 6) is 0.813. The van der Waals surface area contributed by atoms with Gasteiger partial charge in [0.2, 0.25) is 5.91 Å². The first-order valence-electron chi connectivity index (χ1n) is 7.01. The van der Waals surface area contributed by atoms with Crippen LogP contribution in [0.4, 0.5) is 5.69 Å². The second kappa shape index (κ2) is 7.08. The second-order valence-electron chi connectivity index (χ2n) is 5.08. The lowest BCUT2D eigenvalue weighted by Crippen LogP contribution is -2.14. The molecule has 24 heavy (non-hydrogen) atoms. The van der Waals surface area contributed by atoms with Gasteiger partial charge in [-0.1, -0.05) is 39.3 Å². The van der Waals surface area contributed by atoms with Crippen molar-refractivity contribution in [1.29, 1.82) is 0 Å². The average molecular weight is 427 g/mol. The molecule has 0 fully saturated rings. The van der Waals surface area contributed by atoms with E-state index < -0.39 is 0 Å². The van der Waals surface area contributed by atoms with Crippen LogP contribution in [0, 0.1) is 13.8 Å². The lowest BCUT2D eigenvalue weighted by Gasteiger charge is -2.07. The van der Waals surface area contributed by atoms with Crippen molar-refractivity contribution >= 4 is 56.5 Å². The summed E-state index contributed by atoms with van der Waals surface area (Å²) in [7, 11) is 0. The van der Waals surface area contributed by atoms with Crippen molar-refractivity contribution in [3.63, 3.8) is 0 Å². The summed E-state index contributed by atoms with van der Waals surface area (Å²) in [6.07, 6.45) is 0. The molecule has 2 aromatic heterocycles. The van der Waals surface area contributed by atoms with Crippen molar-refractivity contribution in [1.82, 2.24) is 19.6 Å². The monoisotopic (exact) mass is 425 g/mol. The van der Waals surface area contributed by atoms with Gasteiger partial charge in [-0.15, -0.1) is 10.2 Å². The third-order valence-corrected chi connectivity index (χ3v) is 4.93. The van der Waals surface area contributed by atoms with Gasteiger partial charge in [-0.2, -0.15) is 0 Å². The number of halogens is 2. The van der Waals surface area contributed by atoms with Crippen molar-refractivity contribution in [2.75, 3.05) is 11.1 Å². The molecule has 3 rings (SSSR count). The highest BCUT2D eigenvalue weighted by atomic mass is 79.9. The zero-order valence-corrected chi connectivity index (χ0v) is 16.0. The molecule has 3 aromatic rings. The highest BCUT2D eigenvalue weighted by Gasteiger charge is 2.13. The minimum Gasteiger partial charge on any atom is -0.324 e. The predicted octanol–water partition coefficient (Wildman–Crippen LogP) is 3.89. The molecule has 0 spiro atoms. The number of hydrogen-bond donors (Lipinski definition) is 1. The van der Waals surface area contributed by atoms with E-state index in [9.17, 15) is 4.79 Å². The Balaban J connectivity index is 1.70. The van der Waals surface area contributed by atoms with E-state index in [2.05, 4.69) is 36.4 Å². The van der Waals surface area contributed by atoms with E-state index in [4.69, 9.17) is 11.6 Å². The Kier molecular flexibility index (Phi) is 5.07. The topological polar surface area (TPSA) is 72.2 Å². The number of rotatable bonds is 4. The fourth-order valence-electron chi connectivity index (χ4n) is 2.20. The van der Waals surface area contributed by atoms with Crippen LogP contribution in [-0.2, 0) is 4.79 Å². The summed E-state index contributed by atoms with van der Waals surface area (Å²) in [4.78, 5) is 16.5. The van der Waals surface area contributed by atoms with E-state index in [-0.39, 0.29) is 11.7 Å².